The highest BCUT2D eigenvalue weighted by atomic mass is 127. The van der Waals surface area contributed by atoms with Crippen molar-refractivity contribution in [3.8, 4) is 0 Å². The summed E-state index contributed by atoms with van der Waals surface area (Å²) in [5.74, 6) is -1.23. The molecular formula is C17H20IN3O5S. The van der Waals surface area contributed by atoms with Crippen molar-refractivity contribution in [1.29, 1.82) is 0 Å². The van der Waals surface area contributed by atoms with Crippen molar-refractivity contribution >= 4 is 46.3 Å². The maximum atomic E-state index is 11.5. The van der Waals surface area contributed by atoms with Gasteiger partial charge in [0.05, 0.1) is 6.04 Å². The second kappa shape index (κ2) is 10.2. The van der Waals surface area contributed by atoms with Gasteiger partial charge in [-0.15, -0.1) is 0 Å². The molecule has 0 aromatic heterocycles. The Kier molecular flexibility index (Phi) is 8.21. The lowest BCUT2D eigenvalue weighted by Gasteiger charge is -2.43. The van der Waals surface area contributed by atoms with E-state index in [4.69, 9.17) is 19.7 Å². The molecule has 0 bridgehead atoms. The number of benzene rings is 1. The van der Waals surface area contributed by atoms with E-state index in [0.717, 1.165) is 8.47 Å². The number of ether oxygens (including phenoxy) is 3. The Morgan fingerprint density at radius 1 is 1.37 bits per heavy atom. The van der Waals surface area contributed by atoms with Crippen LogP contribution in [-0.4, -0.2) is 42.2 Å². The van der Waals surface area contributed by atoms with Crippen LogP contribution in [0, 0.1) is 9.49 Å². The zero-order chi connectivity index (χ0) is 20.0. The summed E-state index contributed by atoms with van der Waals surface area (Å²) in [4.78, 5) is 26.7. The summed E-state index contributed by atoms with van der Waals surface area (Å²) in [6, 6.07) is 7.26. The number of thioether (sulfide) groups is 1. The maximum absolute atomic E-state index is 11.5. The lowest BCUT2D eigenvalue weighted by molar-refractivity contribution is -0.182. The topological polar surface area (TPSA) is 111 Å². The number of hydrogen-bond acceptors (Lipinski definition) is 7. The van der Waals surface area contributed by atoms with Crippen LogP contribution < -0.4 is 0 Å². The molecule has 0 spiro atoms. The van der Waals surface area contributed by atoms with E-state index in [1.807, 2.05) is 31.2 Å². The van der Waals surface area contributed by atoms with Crippen molar-refractivity contribution in [3.63, 3.8) is 0 Å². The fourth-order valence-corrected chi connectivity index (χ4v) is 4.71. The van der Waals surface area contributed by atoms with Crippen LogP contribution in [0.2, 0.25) is 0 Å². The summed E-state index contributed by atoms with van der Waals surface area (Å²) in [6.45, 7) is 4.34. The van der Waals surface area contributed by atoms with Crippen LogP contribution in [0.15, 0.2) is 34.3 Å². The molecule has 1 aliphatic heterocycles. The van der Waals surface area contributed by atoms with Crippen LogP contribution in [-0.2, 0) is 23.8 Å². The van der Waals surface area contributed by atoms with E-state index in [-0.39, 0.29) is 18.0 Å². The molecular weight excluding hydrogens is 485 g/mol. The number of hydrogen-bond donors (Lipinski definition) is 0. The molecule has 1 saturated heterocycles. The zero-order valence-corrected chi connectivity index (χ0v) is 18.0. The van der Waals surface area contributed by atoms with E-state index in [1.54, 1.807) is 0 Å². The second-order valence-corrected chi connectivity index (χ2v) is 8.47. The van der Waals surface area contributed by atoms with Crippen LogP contribution in [0.4, 0.5) is 0 Å². The lowest BCUT2D eigenvalue weighted by atomic mass is 9.91. The summed E-state index contributed by atoms with van der Waals surface area (Å²) in [5.41, 5.74) is 8.62. The molecule has 8 nitrogen and oxygen atoms in total. The Balaban J connectivity index is 2.29. The van der Waals surface area contributed by atoms with E-state index >= 15 is 0 Å². The highest BCUT2D eigenvalue weighted by Crippen LogP contribution is 2.39. The Bertz CT molecular complexity index is 743. The van der Waals surface area contributed by atoms with Crippen molar-refractivity contribution in [2.45, 2.75) is 49.4 Å². The fraction of sp³-hybridized carbons (Fsp3) is 0.529. The van der Waals surface area contributed by atoms with Gasteiger partial charge in [0.1, 0.15) is 24.3 Å². The minimum atomic E-state index is -0.833. The van der Waals surface area contributed by atoms with Gasteiger partial charge in [-0.3, -0.25) is 9.59 Å². The number of azide groups is 1. The molecule has 0 N–H and O–H groups in total. The van der Waals surface area contributed by atoms with Gasteiger partial charge in [0.2, 0.25) is 0 Å². The Morgan fingerprint density at radius 2 is 2.11 bits per heavy atom. The molecule has 146 valence electrons. The first-order chi connectivity index (χ1) is 12.8. The van der Waals surface area contributed by atoms with E-state index in [1.165, 1.54) is 25.6 Å². The van der Waals surface area contributed by atoms with Gasteiger partial charge in [0.25, 0.3) is 0 Å². The quantitative estimate of drug-likeness (QED) is 0.191. The van der Waals surface area contributed by atoms with Gasteiger partial charge in [-0.1, -0.05) is 29.9 Å². The van der Waals surface area contributed by atoms with Gasteiger partial charge in [-0.05, 0) is 46.3 Å². The van der Waals surface area contributed by atoms with Crippen LogP contribution in [0.25, 0.3) is 10.4 Å². The van der Waals surface area contributed by atoms with Crippen molar-refractivity contribution in [2.75, 3.05) is 6.61 Å². The van der Waals surface area contributed by atoms with E-state index in [9.17, 15) is 9.59 Å². The summed E-state index contributed by atoms with van der Waals surface area (Å²) in [7, 11) is 0. The predicted octanol–water partition coefficient (Wildman–Crippen LogP) is 3.92. The number of nitrogens with zero attached hydrogens (tertiary/aromatic N) is 3. The molecule has 10 heteroatoms. The zero-order valence-electron chi connectivity index (χ0n) is 15.1. The van der Waals surface area contributed by atoms with E-state index in [0.29, 0.717) is 0 Å². The first-order valence-electron chi connectivity index (χ1n) is 8.24. The molecule has 2 unspecified atom stereocenters. The molecule has 1 aromatic rings. The monoisotopic (exact) mass is 505 g/mol. The average molecular weight is 505 g/mol. The summed E-state index contributed by atoms with van der Waals surface area (Å²) >= 11 is 3.71. The fourth-order valence-electron chi connectivity index (χ4n) is 2.76. The maximum Gasteiger partial charge on any atom is 0.303 e. The van der Waals surface area contributed by atoms with Crippen LogP contribution in [0.5, 0.6) is 0 Å². The molecule has 1 aromatic carbocycles. The average Bonchev–Trinajstić information content (AvgIpc) is 2.59. The Morgan fingerprint density at radius 3 is 2.70 bits per heavy atom. The normalized spacial score (nSPS) is 27.3. The van der Waals surface area contributed by atoms with Crippen molar-refractivity contribution in [1.82, 2.24) is 0 Å². The summed E-state index contributed by atoms with van der Waals surface area (Å²) in [6.07, 6.45) is -1.56. The number of carbonyl (C=O) groups is 2. The smallest absolute Gasteiger partial charge is 0.303 e. The van der Waals surface area contributed by atoms with Gasteiger partial charge in [-0.25, -0.2) is 0 Å². The largest absolute Gasteiger partial charge is 0.463 e. The molecule has 0 aliphatic carbocycles. The summed E-state index contributed by atoms with van der Waals surface area (Å²) in [5, 5.41) is 3.85. The van der Waals surface area contributed by atoms with Crippen LogP contribution in [0.3, 0.4) is 0 Å². The third-order valence-electron chi connectivity index (χ3n) is 3.97. The highest BCUT2D eigenvalue weighted by Gasteiger charge is 2.46. The molecule has 1 heterocycles. The molecule has 1 fully saturated rings. The minimum absolute atomic E-state index is 0.0964. The van der Waals surface area contributed by atoms with E-state index < -0.39 is 30.2 Å². The minimum Gasteiger partial charge on any atom is -0.463 e. The van der Waals surface area contributed by atoms with Crippen LogP contribution >= 0.6 is 34.4 Å². The predicted molar refractivity (Wildman–Crippen MR) is 108 cm³/mol. The summed E-state index contributed by atoms with van der Waals surface area (Å²) < 4.78 is 17.6. The third-order valence-corrected chi connectivity index (χ3v) is 5.94. The SMILES string of the molecule is CC(=O)OCC1O[C@H](Sc2cccc(I)c2)C(C)[C@@H](N=[N+]=[N-])[C@H]1OC(C)=O. The van der Waals surface area contributed by atoms with Crippen LogP contribution in [0.1, 0.15) is 20.8 Å². The first kappa shape index (κ1) is 21.8. The second-order valence-electron chi connectivity index (χ2n) is 6.05. The number of esters is 2. The number of halogens is 1. The molecule has 0 saturated carbocycles. The lowest BCUT2D eigenvalue weighted by Crippen LogP contribution is -2.55. The van der Waals surface area contributed by atoms with Gasteiger partial charge in [0.15, 0.2) is 0 Å². The molecule has 27 heavy (non-hydrogen) atoms. The first-order valence-corrected chi connectivity index (χ1v) is 10.2. The third kappa shape index (κ3) is 6.27. The highest BCUT2D eigenvalue weighted by molar-refractivity contribution is 14.1. The Hall–Kier alpha value is -1.49. The molecule has 0 amide bonds. The number of carbonyl (C=O) groups excluding carboxylic acids is 2. The van der Waals surface area contributed by atoms with E-state index in [2.05, 4.69) is 32.6 Å². The van der Waals surface area contributed by atoms with Crippen molar-refractivity contribution < 1.29 is 23.8 Å². The van der Waals surface area contributed by atoms with Gasteiger partial charge >= 0.3 is 11.9 Å². The van der Waals surface area contributed by atoms with Gasteiger partial charge < -0.3 is 14.2 Å². The van der Waals surface area contributed by atoms with Crippen molar-refractivity contribution in [3.05, 3.63) is 38.3 Å². The molecule has 0 radical (unpaired) electrons. The van der Waals surface area contributed by atoms with Crippen molar-refractivity contribution in [2.24, 2.45) is 11.0 Å². The number of rotatable bonds is 6. The van der Waals surface area contributed by atoms with Gasteiger partial charge in [0, 0.05) is 33.1 Å². The molecule has 2 rings (SSSR count). The molecule has 1 aliphatic rings. The van der Waals surface area contributed by atoms with Gasteiger partial charge in [-0.2, -0.15) is 0 Å². The standard InChI is InChI=1S/C17H20IN3O5S/c1-9-15(20-21-19)16(25-11(3)23)14(8-24-10(2)22)26-17(9)27-13-6-4-5-12(18)7-13/h4-7,9,14-17H,8H2,1-3H3/t9?,14?,15-,16+,17-/m1/s1. The molecule has 5 atom stereocenters. The Labute approximate surface area is 175 Å².